The van der Waals surface area contributed by atoms with Crippen molar-refractivity contribution in [1.29, 1.82) is 0 Å². The summed E-state index contributed by atoms with van der Waals surface area (Å²) in [7, 11) is 0. The van der Waals surface area contributed by atoms with Crippen LogP contribution in [0.3, 0.4) is 0 Å². The summed E-state index contributed by atoms with van der Waals surface area (Å²) in [5.41, 5.74) is 2.47. The first-order valence-corrected chi connectivity index (χ1v) is 8.01. The Morgan fingerprint density at radius 3 is 2.08 bits per heavy atom. The van der Waals surface area contributed by atoms with Gasteiger partial charge in [-0.25, -0.2) is 0 Å². The highest BCUT2D eigenvalue weighted by molar-refractivity contribution is 6.09. The molecule has 5 heteroatoms. The second kappa shape index (κ2) is 7.90. The van der Waals surface area contributed by atoms with Crippen LogP contribution in [0, 0.1) is 10.1 Å². The molecule has 1 N–H and O–H groups in total. The maximum atomic E-state index is 12.6. The van der Waals surface area contributed by atoms with Crippen LogP contribution >= 0.6 is 0 Å². The van der Waals surface area contributed by atoms with Crippen LogP contribution in [0.15, 0.2) is 91.0 Å². The van der Waals surface area contributed by atoms with Crippen LogP contribution in [0.4, 0.5) is 11.4 Å². The second-order valence-electron chi connectivity index (χ2n) is 5.59. The molecular formula is C21H16N2O3. The van der Waals surface area contributed by atoms with Crippen molar-refractivity contribution < 1.29 is 9.72 Å². The van der Waals surface area contributed by atoms with Gasteiger partial charge in [0.05, 0.1) is 4.92 Å². The number of anilines is 1. The molecule has 0 saturated heterocycles. The molecule has 0 aliphatic heterocycles. The highest BCUT2D eigenvalue weighted by Gasteiger charge is 2.10. The molecule has 0 saturated carbocycles. The summed E-state index contributed by atoms with van der Waals surface area (Å²) in [6.07, 6.45) is 1.50. The first-order valence-electron chi connectivity index (χ1n) is 8.01. The number of nitro groups is 1. The van der Waals surface area contributed by atoms with Crippen LogP contribution in [0.5, 0.6) is 0 Å². The van der Waals surface area contributed by atoms with Gasteiger partial charge in [0.25, 0.3) is 5.69 Å². The van der Waals surface area contributed by atoms with Crippen molar-refractivity contribution in [3.8, 4) is 0 Å². The Hall–Kier alpha value is -3.73. The Kier molecular flexibility index (Phi) is 5.19. The summed E-state index contributed by atoms with van der Waals surface area (Å²) in [5, 5.41) is 14.1. The fourth-order valence-electron chi connectivity index (χ4n) is 2.48. The monoisotopic (exact) mass is 344 g/mol. The molecule has 0 bridgehead atoms. The van der Waals surface area contributed by atoms with Crippen LogP contribution < -0.4 is 5.32 Å². The van der Waals surface area contributed by atoms with Crippen molar-refractivity contribution in [2.24, 2.45) is 0 Å². The van der Waals surface area contributed by atoms with Gasteiger partial charge in [-0.15, -0.1) is 0 Å². The quantitative estimate of drug-likeness (QED) is 0.298. The van der Waals surface area contributed by atoms with E-state index in [1.807, 2.05) is 36.4 Å². The Bertz CT molecular complexity index is 951. The third-order valence-electron chi connectivity index (χ3n) is 3.75. The van der Waals surface area contributed by atoms with Crippen LogP contribution in [0.2, 0.25) is 0 Å². The molecular weight excluding hydrogens is 328 g/mol. The zero-order chi connectivity index (χ0) is 18.4. The number of benzene rings is 3. The lowest BCUT2D eigenvalue weighted by Gasteiger charge is -2.11. The van der Waals surface area contributed by atoms with Crippen molar-refractivity contribution in [3.63, 3.8) is 0 Å². The fraction of sp³-hybridized carbons (Fsp3) is 0. The summed E-state index contributed by atoms with van der Waals surface area (Å²) < 4.78 is 0. The van der Waals surface area contributed by atoms with Gasteiger partial charge in [-0.1, -0.05) is 66.7 Å². The Morgan fingerprint density at radius 1 is 0.846 bits per heavy atom. The zero-order valence-electron chi connectivity index (χ0n) is 13.8. The van der Waals surface area contributed by atoms with Crippen molar-refractivity contribution in [2.45, 2.75) is 0 Å². The minimum atomic E-state index is -0.452. The lowest BCUT2D eigenvalue weighted by Crippen LogP contribution is -2.04. The van der Waals surface area contributed by atoms with Crippen LogP contribution in [0.25, 0.3) is 5.70 Å². The molecule has 5 nitrogen and oxygen atoms in total. The second-order valence-corrected chi connectivity index (χ2v) is 5.59. The summed E-state index contributed by atoms with van der Waals surface area (Å²) in [4.78, 5) is 23.1. The Labute approximate surface area is 150 Å². The topological polar surface area (TPSA) is 72.2 Å². The average Bonchev–Trinajstić information content (AvgIpc) is 2.69. The molecule has 0 heterocycles. The predicted molar refractivity (Wildman–Crippen MR) is 102 cm³/mol. The van der Waals surface area contributed by atoms with Gasteiger partial charge in [0.15, 0.2) is 5.78 Å². The van der Waals surface area contributed by atoms with Gasteiger partial charge in [-0.05, 0) is 11.6 Å². The minimum Gasteiger partial charge on any atom is -0.355 e. The highest BCUT2D eigenvalue weighted by Crippen LogP contribution is 2.23. The van der Waals surface area contributed by atoms with E-state index in [1.165, 1.54) is 18.2 Å². The third-order valence-corrected chi connectivity index (χ3v) is 3.75. The number of nitro benzene ring substituents is 1. The summed E-state index contributed by atoms with van der Waals surface area (Å²) in [5.74, 6) is -0.151. The van der Waals surface area contributed by atoms with E-state index in [9.17, 15) is 14.9 Å². The molecule has 0 aliphatic rings. The molecule has 3 aromatic carbocycles. The third kappa shape index (κ3) is 4.21. The number of rotatable bonds is 6. The first kappa shape index (κ1) is 17.1. The molecule has 26 heavy (non-hydrogen) atoms. The number of nitrogens with zero attached hydrogens (tertiary/aromatic N) is 1. The Morgan fingerprint density at radius 2 is 1.46 bits per heavy atom. The van der Waals surface area contributed by atoms with Gasteiger partial charge in [-0.2, -0.15) is 0 Å². The molecule has 3 aromatic rings. The molecule has 0 atom stereocenters. The zero-order valence-corrected chi connectivity index (χ0v) is 13.8. The standard InChI is InChI=1S/C21H16N2O3/c24-21(17-10-5-2-6-11-17)15-20(16-8-3-1-4-9-16)22-18-12-7-13-19(14-18)23(25)26/h1-15,22H/b20-15-. The van der Waals surface area contributed by atoms with Crippen molar-refractivity contribution in [2.75, 3.05) is 5.32 Å². The lowest BCUT2D eigenvalue weighted by molar-refractivity contribution is -0.384. The Balaban J connectivity index is 1.97. The van der Waals surface area contributed by atoms with Gasteiger partial charge in [0.1, 0.15) is 0 Å². The van der Waals surface area contributed by atoms with Crippen molar-refractivity contribution in [3.05, 3.63) is 112 Å². The average molecular weight is 344 g/mol. The number of ketones is 1. The molecule has 0 spiro atoms. The fourth-order valence-corrected chi connectivity index (χ4v) is 2.48. The van der Waals surface area contributed by atoms with E-state index < -0.39 is 4.92 Å². The van der Waals surface area contributed by atoms with Crippen LogP contribution in [0.1, 0.15) is 15.9 Å². The van der Waals surface area contributed by atoms with Crippen LogP contribution in [-0.4, -0.2) is 10.7 Å². The maximum absolute atomic E-state index is 12.6. The van der Waals surface area contributed by atoms with Gasteiger partial charge in [0.2, 0.25) is 0 Å². The van der Waals surface area contributed by atoms with Gasteiger partial charge >= 0.3 is 0 Å². The molecule has 0 radical (unpaired) electrons. The predicted octanol–water partition coefficient (Wildman–Crippen LogP) is 4.93. The van der Waals surface area contributed by atoms with E-state index in [0.29, 0.717) is 16.9 Å². The van der Waals surface area contributed by atoms with E-state index in [0.717, 1.165) is 5.56 Å². The normalized spacial score (nSPS) is 11.0. The number of hydrogen-bond acceptors (Lipinski definition) is 4. The maximum Gasteiger partial charge on any atom is 0.271 e. The van der Waals surface area contributed by atoms with Crippen molar-refractivity contribution >= 4 is 22.9 Å². The molecule has 0 aromatic heterocycles. The first-order chi connectivity index (χ1) is 12.6. The van der Waals surface area contributed by atoms with Gasteiger partial charge in [0, 0.05) is 35.2 Å². The smallest absolute Gasteiger partial charge is 0.271 e. The number of hydrogen-bond donors (Lipinski definition) is 1. The largest absolute Gasteiger partial charge is 0.355 e. The van der Waals surface area contributed by atoms with E-state index >= 15 is 0 Å². The number of nitrogens with one attached hydrogen (secondary N) is 1. The summed E-state index contributed by atoms with van der Waals surface area (Å²) >= 11 is 0. The van der Waals surface area contributed by atoms with Crippen molar-refractivity contribution in [1.82, 2.24) is 0 Å². The number of carbonyl (C=O) groups excluding carboxylic acids is 1. The summed E-state index contributed by atoms with van der Waals surface area (Å²) in [6, 6.07) is 24.5. The number of allylic oxidation sites excluding steroid dienone is 1. The minimum absolute atomic E-state index is 0.0169. The molecule has 0 aliphatic carbocycles. The molecule has 0 unspecified atom stereocenters. The van der Waals surface area contributed by atoms with E-state index in [-0.39, 0.29) is 11.5 Å². The van der Waals surface area contributed by atoms with Crippen LogP contribution in [-0.2, 0) is 0 Å². The van der Waals surface area contributed by atoms with E-state index in [1.54, 1.807) is 36.4 Å². The lowest BCUT2D eigenvalue weighted by atomic mass is 10.1. The van der Waals surface area contributed by atoms with E-state index in [4.69, 9.17) is 0 Å². The molecule has 128 valence electrons. The highest BCUT2D eigenvalue weighted by atomic mass is 16.6. The summed E-state index contributed by atoms with van der Waals surface area (Å²) in [6.45, 7) is 0. The molecule has 0 amide bonds. The molecule has 0 fully saturated rings. The number of non-ortho nitro benzene ring substituents is 1. The van der Waals surface area contributed by atoms with E-state index in [2.05, 4.69) is 5.32 Å². The number of carbonyl (C=O) groups is 1. The SMILES string of the molecule is O=C(/C=C(\Nc1cccc([N+](=O)[O-])c1)c1ccccc1)c1ccccc1. The van der Waals surface area contributed by atoms with Gasteiger partial charge in [-0.3, -0.25) is 14.9 Å². The van der Waals surface area contributed by atoms with Gasteiger partial charge < -0.3 is 5.32 Å². The molecule has 3 rings (SSSR count).